The average molecular weight is 391 g/mol. The minimum absolute atomic E-state index is 0.103. The highest BCUT2D eigenvalue weighted by molar-refractivity contribution is 8.00. The molecule has 1 N–H and O–H groups in total. The number of anilines is 1. The van der Waals surface area contributed by atoms with Crippen molar-refractivity contribution in [3.63, 3.8) is 0 Å². The molecule has 0 saturated carbocycles. The van der Waals surface area contributed by atoms with E-state index in [1.165, 1.54) is 26.0 Å². The fourth-order valence-electron chi connectivity index (χ4n) is 2.09. The molecule has 0 atom stereocenters. The lowest BCUT2D eigenvalue weighted by Crippen LogP contribution is -2.21. The standard InChI is InChI=1S/C19H21NO6S/c1-23-13-4-7-15(8-5-13)27-12-19(22)26-11-18(21)20-16-9-6-14(24-2)10-17(16)25-3/h4-10H,11-12H2,1-3H3,(H,20,21). The molecule has 2 aromatic carbocycles. The van der Waals surface area contributed by atoms with Gasteiger partial charge < -0.3 is 24.3 Å². The van der Waals surface area contributed by atoms with Crippen LogP contribution in [0.4, 0.5) is 5.69 Å². The van der Waals surface area contributed by atoms with Crippen LogP contribution in [-0.4, -0.2) is 45.6 Å². The Labute approximate surface area is 161 Å². The molecule has 0 bridgehead atoms. The Hall–Kier alpha value is -2.87. The van der Waals surface area contributed by atoms with Gasteiger partial charge in [-0.1, -0.05) is 0 Å². The molecule has 2 aromatic rings. The number of thioether (sulfide) groups is 1. The molecule has 0 heterocycles. The summed E-state index contributed by atoms with van der Waals surface area (Å²) in [7, 11) is 4.61. The summed E-state index contributed by atoms with van der Waals surface area (Å²) in [6.07, 6.45) is 0. The molecule has 27 heavy (non-hydrogen) atoms. The van der Waals surface area contributed by atoms with Gasteiger partial charge in [-0.05, 0) is 36.4 Å². The summed E-state index contributed by atoms with van der Waals surface area (Å²) < 4.78 is 20.4. The molecule has 0 unspecified atom stereocenters. The molecule has 144 valence electrons. The van der Waals surface area contributed by atoms with Crippen molar-refractivity contribution in [1.29, 1.82) is 0 Å². The first-order valence-corrected chi connectivity index (χ1v) is 8.98. The van der Waals surface area contributed by atoms with Gasteiger partial charge in [0.2, 0.25) is 0 Å². The smallest absolute Gasteiger partial charge is 0.316 e. The number of amides is 1. The molecule has 2 rings (SSSR count). The van der Waals surface area contributed by atoms with Crippen LogP contribution in [0, 0.1) is 0 Å². The van der Waals surface area contributed by atoms with Gasteiger partial charge in [-0.25, -0.2) is 0 Å². The molecule has 0 aliphatic carbocycles. The number of ether oxygens (including phenoxy) is 4. The predicted molar refractivity (Wildman–Crippen MR) is 103 cm³/mol. The molecular formula is C19H21NO6S. The summed E-state index contributed by atoms with van der Waals surface area (Å²) in [5.41, 5.74) is 0.465. The number of carbonyl (C=O) groups excluding carboxylic acids is 2. The van der Waals surface area contributed by atoms with Crippen molar-refractivity contribution >= 4 is 29.3 Å². The summed E-state index contributed by atoms with van der Waals surface area (Å²) in [6.45, 7) is -0.378. The molecule has 8 heteroatoms. The van der Waals surface area contributed by atoms with Crippen molar-refractivity contribution < 1.29 is 28.5 Å². The van der Waals surface area contributed by atoms with Gasteiger partial charge in [0.15, 0.2) is 6.61 Å². The lowest BCUT2D eigenvalue weighted by Gasteiger charge is -2.11. The van der Waals surface area contributed by atoms with Crippen LogP contribution < -0.4 is 19.5 Å². The highest BCUT2D eigenvalue weighted by Crippen LogP contribution is 2.29. The molecule has 0 fully saturated rings. The van der Waals surface area contributed by atoms with Crippen molar-refractivity contribution in [3.05, 3.63) is 42.5 Å². The monoisotopic (exact) mass is 391 g/mol. The lowest BCUT2D eigenvalue weighted by atomic mass is 10.2. The second-order valence-electron chi connectivity index (χ2n) is 5.24. The van der Waals surface area contributed by atoms with E-state index in [4.69, 9.17) is 18.9 Å². The normalized spacial score (nSPS) is 10.0. The number of hydrogen-bond acceptors (Lipinski definition) is 7. The number of benzene rings is 2. The molecule has 0 aromatic heterocycles. The van der Waals surface area contributed by atoms with Crippen LogP contribution in [0.2, 0.25) is 0 Å². The molecule has 0 saturated heterocycles. The van der Waals surface area contributed by atoms with E-state index in [-0.39, 0.29) is 12.4 Å². The Kier molecular flexibility index (Phi) is 7.81. The van der Waals surface area contributed by atoms with Crippen molar-refractivity contribution in [2.24, 2.45) is 0 Å². The van der Waals surface area contributed by atoms with E-state index in [9.17, 15) is 9.59 Å². The van der Waals surface area contributed by atoms with E-state index in [0.717, 1.165) is 10.6 Å². The van der Waals surface area contributed by atoms with E-state index < -0.39 is 11.9 Å². The van der Waals surface area contributed by atoms with Crippen molar-refractivity contribution in [2.75, 3.05) is 39.0 Å². The average Bonchev–Trinajstić information content (AvgIpc) is 2.71. The maximum atomic E-state index is 12.0. The fourth-order valence-corrected chi connectivity index (χ4v) is 2.79. The quantitative estimate of drug-likeness (QED) is 0.520. The lowest BCUT2D eigenvalue weighted by molar-refractivity contribution is -0.144. The summed E-state index contributed by atoms with van der Waals surface area (Å²) in [5, 5.41) is 2.64. The first kappa shape index (κ1) is 20.4. The number of nitrogens with one attached hydrogen (secondary N) is 1. The molecule has 7 nitrogen and oxygen atoms in total. The Morgan fingerprint density at radius 1 is 0.926 bits per heavy atom. The van der Waals surface area contributed by atoms with Gasteiger partial charge in [-0.15, -0.1) is 11.8 Å². The summed E-state index contributed by atoms with van der Waals surface area (Å²) >= 11 is 1.32. The summed E-state index contributed by atoms with van der Waals surface area (Å²) in [5.74, 6) is 0.961. The highest BCUT2D eigenvalue weighted by Gasteiger charge is 2.12. The van der Waals surface area contributed by atoms with E-state index >= 15 is 0 Å². The Balaban J connectivity index is 1.78. The molecule has 0 aliphatic heterocycles. The van der Waals surface area contributed by atoms with Crippen LogP contribution in [0.3, 0.4) is 0 Å². The third kappa shape index (κ3) is 6.41. The minimum Gasteiger partial charge on any atom is -0.497 e. The topological polar surface area (TPSA) is 83.1 Å². The highest BCUT2D eigenvalue weighted by atomic mass is 32.2. The summed E-state index contributed by atoms with van der Waals surface area (Å²) in [6, 6.07) is 12.3. The zero-order chi connectivity index (χ0) is 19.6. The van der Waals surface area contributed by atoms with Crippen LogP contribution in [0.5, 0.6) is 17.2 Å². The van der Waals surface area contributed by atoms with Gasteiger partial charge in [-0.2, -0.15) is 0 Å². The third-order valence-electron chi connectivity index (χ3n) is 3.46. The zero-order valence-electron chi connectivity index (χ0n) is 15.3. The molecular weight excluding hydrogens is 370 g/mol. The van der Waals surface area contributed by atoms with E-state index in [0.29, 0.717) is 17.2 Å². The van der Waals surface area contributed by atoms with Gasteiger partial charge in [0.05, 0.1) is 32.8 Å². The SMILES string of the molecule is COc1ccc(SCC(=O)OCC(=O)Nc2ccc(OC)cc2OC)cc1. The summed E-state index contributed by atoms with van der Waals surface area (Å²) in [4.78, 5) is 24.7. The number of methoxy groups -OCH3 is 3. The zero-order valence-corrected chi connectivity index (χ0v) is 16.1. The van der Waals surface area contributed by atoms with Crippen LogP contribution in [0.15, 0.2) is 47.4 Å². The van der Waals surface area contributed by atoms with Gasteiger partial charge in [0, 0.05) is 11.0 Å². The van der Waals surface area contributed by atoms with Gasteiger partial charge in [0.25, 0.3) is 5.91 Å². The van der Waals surface area contributed by atoms with E-state index in [2.05, 4.69) is 5.32 Å². The Morgan fingerprint density at radius 2 is 1.59 bits per heavy atom. The van der Waals surface area contributed by atoms with Crippen molar-refractivity contribution in [1.82, 2.24) is 0 Å². The number of rotatable bonds is 9. The third-order valence-corrected chi connectivity index (χ3v) is 4.45. The first-order valence-electron chi connectivity index (χ1n) is 8.00. The molecule has 1 amide bonds. The minimum atomic E-state index is -0.479. The fraction of sp³-hybridized carbons (Fsp3) is 0.263. The molecule has 0 aliphatic rings. The Morgan fingerprint density at radius 3 is 2.22 bits per heavy atom. The van der Waals surface area contributed by atoms with Crippen LogP contribution >= 0.6 is 11.8 Å². The largest absolute Gasteiger partial charge is 0.497 e. The maximum Gasteiger partial charge on any atom is 0.316 e. The number of carbonyl (C=O) groups is 2. The van der Waals surface area contributed by atoms with Crippen LogP contribution in [-0.2, 0) is 14.3 Å². The van der Waals surface area contributed by atoms with E-state index in [1.807, 2.05) is 24.3 Å². The number of esters is 1. The molecule has 0 radical (unpaired) electrons. The van der Waals surface area contributed by atoms with Gasteiger partial charge in [-0.3, -0.25) is 9.59 Å². The maximum absolute atomic E-state index is 12.0. The van der Waals surface area contributed by atoms with Crippen LogP contribution in [0.1, 0.15) is 0 Å². The number of hydrogen-bond donors (Lipinski definition) is 1. The predicted octanol–water partition coefficient (Wildman–Crippen LogP) is 2.99. The van der Waals surface area contributed by atoms with Gasteiger partial charge in [0.1, 0.15) is 17.2 Å². The van der Waals surface area contributed by atoms with E-state index in [1.54, 1.807) is 25.3 Å². The van der Waals surface area contributed by atoms with Crippen LogP contribution in [0.25, 0.3) is 0 Å². The van der Waals surface area contributed by atoms with Crippen molar-refractivity contribution in [2.45, 2.75) is 4.90 Å². The second-order valence-corrected chi connectivity index (χ2v) is 6.29. The molecule has 0 spiro atoms. The first-order chi connectivity index (χ1) is 13.0. The Bertz CT molecular complexity index is 778. The van der Waals surface area contributed by atoms with Gasteiger partial charge >= 0.3 is 5.97 Å². The second kappa shape index (κ2) is 10.3. The van der Waals surface area contributed by atoms with Crippen molar-refractivity contribution in [3.8, 4) is 17.2 Å².